The van der Waals surface area contributed by atoms with E-state index in [9.17, 15) is 4.79 Å². The monoisotopic (exact) mass is 311 g/mol. The van der Waals surface area contributed by atoms with Crippen LogP contribution in [0.4, 0.5) is 11.6 Å². The quantitative estimate of drug-likeness (QED) is 0.942. The summed E-state index contributed by atoms with van der Waals surface area (Å²) in [6, 6.07) is 7.73. The fraction of sp³-hybridized carbons (Fsp3) is 0.412. The molecule has 1 aliphatic rings. The Bertz CT molecular complexity index is 660. The van der Waals surface area contributed by atoms with Gasteiger partial charge < -0.3 is 10.2 Å². The van der Waals surface area contributed by atoms with Crippen LogP contribution in [-0.2, 0) is 4.79 Å². The molecule has 3 rings (SSSR count). The Kier molecular flexibility index (Phi) is 4.50. The number of rotatable bonds is 3. The lowest BCUT2D eigenvalue weighted by Gasteiger charge is -2.31. The molecule has 3 heterocycles. The van der Waals surface area contributed by atoms with E-state index >= 15 is 0 Å². The molecular formula is C17H21N5O. The van der Waals surface area contributed by atoms with Crippen molar-refractivity contribution in [3.63, 3.8) is 0 Å². The van der Waals surface area contributed by atoms with Crippen molar-refractivity contribution < 1.29 is 4.79 Å². The van der Waals surface area contributed by atoms with Crippen molar-refractivity contribution in [1.29, 1.82) is 0 Å². The average Bonchev–Trinajstić information content (AvgIpc) is 2.58. The molecule has 1 aliphatic heterocycles. The molecule has 0 aliphatic carbocycles. The molecule has 0 radical (unpaired) electrons. The number of nitrogens with one attached hydrogen (secondary N) is 1. The van der Waals surface area contributed by atoms with E-state index in [4.69, 9.17) is 0 Å². The Morgan fingerprint density at radius 3 is 2.52 bits per heavy atom. The fourth-order valence-corrected chi connectivity index (χ4v) is 2.70. The summed E-state index contributed by atoms with van der Waals surface area (Å²) in [7, 11) is 0. The second-order valence-electron chi connectivity index (χ2n) is 6.00. The number of amides is 1. The van der Waals surface area contributed by atoms with Crippen LogP contribution in [0, 0.1) is 19.8 Å². The van der Waals surface area contributed by atoms with Gasteiger partial charge in [0.2, 0.25) is 5.91 Å². The second kappa shape index (κ2) is 6.73. The molecule has 1 amide bonds. The second-order valence-corrected chi connectivity index (χ2v) is 6.00. The topological polar surface area (TPSA) is 71.0 Å². The van der Waals surface area contributed by atoms with E-state index in [2.05, 4.69) is 25.4 Å². The molecule has 0 bridgehead atoms. The predicted molar refractivity (Wildman–Crippen MR) is 89.3 cm³/mol. The van der Waals surface area contributed by atoms with Crippen LogP contribution in [0.15, 0.2) is 30.5 Å². The number of anilines is 2. The Balaban J connectivity index is 1.54. The van der Waals surface area contributed by atoms with Gasteiger partial charge in [-0.1, -0.05) is 6.07 Å². The highest BCUT2D eigenvalue weighted by Crippen LogP contribution is 2.22. The van der Waals surface area contributed by atoms with Crippen molar-refractivity contribution in [3.8, 4) is 0 Å². The minimum absolute atomic E-state index is 0.0211. The van der Waals surface area contributed by atoms with Gasteiger partial charge in [0.25, 0.3) is 0 Å². The highest BCUT2D eigenvalue weighted by Gasteiger charge is 2.26. The van der Waals surface area contributed by atoms with Crippen molar-refractivity contribution in [2.24, 2.45) is 5.92 Å². The van der Waals surface area contributed by atoms with Crippen LogP contribution in [0.3, 0.4) is 0 Å². The lowest BCUT2D eigenvalue weighted by atomic mass is 9.96. The van der Waals surface area contributed by atoms with Gasteiger partial charge in [-0.05, 0) is 50.5 Å². The maximum atomic E-state index is 12.3. The van der Waals surface area contributed by atoms with Crippen LogP contribution in [0.2, 0.25) is 0 Å². The number of nitrogens with zero attached hydrogens (tertiary/aromatic N) is 4. The molecule has 0 spiro atoms. The minimum atomic E-state index is 0.0211. The van der Waals surface area contributed by atoms with Crippen LogP contribution >= 0.6 is 0 Å². The number of aromatic nitrogens is 3. The first-order chi connectivity index (χ1) is 11.1. The van der Waals surface area contributed by atoms with E-state index < -0.39 is 0 Å². The minimum Gasteiger partial charge on any atom is -0.355 e. The third kappa shape index (κ3) is 3.83. The molecule has 0 unspecified atom stereocenters. The zero-order valence-electron chi connectivity index (χ0n) is 13.5. The summed E-state index contributed by atoms with van der Waals surface area (Å²) in [5, 5.41) is 11.2. The average molecular weight is 311 g/mol. The molecule has 2 aromatic rings. The molecule has 1 fully saturated rings. The summed E-state index contributed by atoms with van der Waals surface area (Å²) < 4.78 is 0. The molecule has 1 saturated heterocycles. The summed E-state index contributed by atoms with van der Waals surface area (Å²) in [4.78, 5) is 18.7. The number of piperidine rings is 1. The zero-order valence-corrected chi connectivity index (χ0v) is 13.5. The Labute approximate surface area is 136 Å². The molecule has 6 nitrogen and oxygen atoms in total. The van der Waals surface area contributed by atoms with Crippen LogP contribution in [0.5, 0.6) is 0 Å². The normalized spacial score (nSPS) is 15.5. The van der Waals surface area contributed by atoms with Crippen molar-refractivity contribution in [1.82, 2.24) is 15.2 Å². The van der Waals surface area contributed by atoms with Gasteiger partial charge in [0.1, 0.15) is 5.82 Å². The summed E-state index contributed by atoms with van der Waals surface area (Å²) in [5.41, 5.74) is 1.99. The number of hydrogen-bond donors (Lipinski definition) is 1. The molecule has 120 valence electrons. The van der Waals surface area contributed by atoms with Gasteiger partial charge in [0, 0.05) is 25.2 Å². The van der Waals surface area contributed by atoms with Gasteiger partial charge in [-0.15, -0.1) is 5.10 Å². The summed E-state index contributed by atoms with van der Waals surface area (Å²) in [6.45, 7) is 5.53. The Morgan fingerprint density at radius 2 is 1.91 bits per heavy atom. The molecule has 0 saturated carbocycles. The number of hydrogen-bond acceptors (Lipinski definition) is 5. The number of aryl methyl sites for hydroxylation is 2. The highest BCUT2D eigenvalue weighted by atomic mass is 16.1. The van der Waals surface area contributed by atoms with E-state index in [1.807, 2.05) is 38.1 Å². The number of pyridine rings is 1. The van der Waals surface area contributed by atoms with Crippen molar-refractivity contribution in [2.75, 3.05) is 23.3 Å². The van der Waals surface area contributed by atoms with Crippen molar-refractivity contribution >= 4 is 17.5 Å². The molecule has 23 heavy (non-hydrogen) atoms. The summed E-state index contributed by atoms with van der Waals surface area (Å²) >= 11 is 0. The van der Waals surface area contributed by atoms with Crippen LogP contribution in [-0.4, -0.2) is 34.2 Å². The van der Waals surface area contributed by atoms with Crippen LogP contribution < -0.4 is 10.2 Å². The lowest BCUT2D eigenvalue weighted by molar-refractivity contribution is -0.120. The van der Waals surface area contributed by atoms with Gasteiger partial charge in [-0.3, -0.25) is 4.79 Å². The summed E-state index contributed by atoms with van der Waals surface area (Å²) in [6.07, 6.45) is 3.38. The molecule has 0 atom stereocenters. The van der Waals surface area contributed by atoms with Crippen LogP contribution in [0.1, 0.15) is 24.1 Å². The van der Waals surface area contributed by atoms with E-state index in [0.717, 1.165) is 43.0 Å². The smallest absolute Gasteiger partial charge is 0.228 e. The molecule has 6 heteroatoms. The van der Waals surface area contributed by atoms with Crippen LogP contribution in [0.25, 0.3) is 0 Å². The molecule has 2 aromatic heterocycles. The predicted octanol–water partition coefficient (Wildman–Crippen LogP) is 2.34. The number of carbonyl (C=O) groups is 1. The SMILES string of the molecule is Cc1ccc(NC(=O)C2CCN(c3ccc(C)nn3)CC2)nc1. The standard InChI is InChI=1S/C17H21N5O/c1-12-3-5-15(18-11-12)19-17(23)14-7-9-22(10-8-14)16-6-4-13(2)20-21-16/h3-6,11,14H,7-10H2,1-2H3,(H,18,19,23). The molecular weight excluding hydrogens is 290 g/mol. The van der Waals surface area contributed by atoms with E-state index in [1.165, 1.54) is 0 Å². The zero-order chi connectivity index (χ0) is 16.2. The fourth-order valence-electron chi connectivity index (χ4n) is 2.70. The maximum Gasteiger partial charge on any atom is 0.228 e. The largest absolute Gasteiger partial charge is 0.355 e. The maximum absolute atomic E-state index is 12.3. The first-order valence-electron chi connectivity index (χ1n) is 7.90. The van der Waals surface area contributed by atoms with Gasteiger partial charge in [-0.25, -0.2) is 4.98 Å². The first-order valence-corrected chi connectivity index (χ1v) is 7.90. The van der Waals surface area contributed by atoms with E-state index in [-0.39, 0.29) is 11.8 Å². The third-order valence-electron chi connectivity index (χ3n) is 4.14. The first kappa shape index (κ1) is 15.4. The van der Waals surface area contributed by atoms with Crippen molar-refractivity contribution in [3.05, 3.63) is 41.7 Å². The number of carbonyl (C=O) groups excluding carboxylic acids is 1. The highest BCUT2D eigenvalue weighted by molar-refractivity contribution is 5.91. The summed E-state index contributed by atoms with van der Waals surface area (Å²) in [5.74, 6) is 1.57. The van der Waals surface area contributed by atoms with Gasteiger partial charge in [-0.2, -0.15) is 5.10 Å². The van der Waals surface area contributed by atoms with Gasteiger partial charge >= 0.3 is 0 Å². The van der Waals surface area contributed by atoms with Crippen molar-refractivity contribution in [2.45, 2.75) is 26.7 Å². The Hall–Kier alpha value is -2.50. The lowest BCUT2D eigenvalue weighted by Crippen LogP contribution is -2.38. The van der Waals surface area contributed by atoms with E-state index in [0.29, 0.717) is 5.82 Å². The van der Waals surface area contributed by atoms with Gasteiger partial charge in [0.15, 0.2) is 5.82 Å². The van der Waals surface area contributed by atoms with Gasteiger partial charge in [0.05, 0.1) is 5.69 Å². The molecule has 0 aromatic carbocycles. The van der Waals surface area contributed by atoms with E-state index in [1.54, 1.807) is 6.20 Å². The molecule has 1 N–H and O–H groups in total. The Morgan fingerprint density at radius 1 is 1.13 bits per heavy atom. The third-order valence-corrected chi connectivity index (χ3v) is 4.14.